The van der Waals surface area contributed by atoms with Crippen molar-refractivity contribution in [2.24, 2.45) is 0 Å². The van der Waals surface area contributed by atoms with Crippen molar-refractivity contribution in [1.82, 2.24) is 5.32 Å². The van der Waals surface area contributed by atoms with E-state index in [0.29, 0.717) is 6.42 Å². The molecule has 0 aromatic carbocycles. The number of alkyl carbamates (subject to hydrolysis) is 1. The number of esters is 1. The van der Waals surface area contributed by atoms with Crippen molar-refractivity contribution in [1.29, 1.82) is 0 Å². The Labute approximate surface area is 103 Å². The van der Waals surface area contributed by atoms with Gasteiger partial charge in [-0.05, 0) is 13.3 Å². The highest BCUT2D eigenvalue weighted by Gasteiger charge is 2.37. The minimum Gasteiger partial charge on any atom is -0.464 e. The van der Waals surface area contributed by atoms with Gasteiger partial charge in [-0.25, -0.2) is 9.59 Å². The molecule has 0 bridgehead atoms. The fourth-order valence-electron chi connectivity index (χ4n) is 1.04. The largest absolute Gasteiger partial charge is 0.464 e. The minimum absolute atomic E-state index is 0.00229. The van der Waals surface area contributed by atoms with Crippen LogP contribution in [0.5, 0.6) is 0 Å². The van der Waals surface area contributed by atoms with Gasteiger partial charge in [0.15, 0.2) is 0 Å². The second-order valence-electron chi connectivity index (χ2n) is 3.40. The summed E-state index contributed by atoms with van der Waals surface area (Å²) >= 11 is 0. The molecule has 0 fully saturated rings. The minimum atomic E-state index is -4.59. The van der Waals surface area contributed by atoms with Gasteiger partial charge in [0.2, 0.25) is 0 Å². The van der Waals surface area contributed by atoms with Crippen LogP contribution in [0.15, 0.2) is 0 Å². The van der Waals surface area contributed by atoms with Crippen molar-refractivity contribution in [3.8, 4) is 0 Å². The molecule has 18 heavy (non-hydrogen) atoms. The normalized spacial score (nSPS) is 12.7. The Kier molecular flexibility index (Phi) is 7.14. The third-order valence-corrected chi connectivity index (χ3v) is 1.74. The van der Waals surface area contributed by atoms with Gasteiger partial charge in [-0.3, -0.25) is 0 Å². The Bertz CT molecular complexity index is 281. The Morgan fingerprint density at radius 2 is 1.83 bits per heavy atom. The maximum Gasteiger partial charge on any atom is 0.407 e. The molecule has 0 aromatic heterocycles. The van der Waals surface area contributed by atoms with E-state index in [1.54, 1.807) is 6.92 Å². The second-order valence-corrected chi connectivity index (χ2v) is 3.40. The summed E-state index contributed by atoms with van der Waals surface area (Å²) in [5.41, 5.74) is 0. The molecule has 0 radical (unpaired) electrons. The molecule has 1 amide bonds. The van der Waals surface area contributed by atoms with Crippen LogP contribution in [0.3, 0.4) is 0 Å². The third kappa shape index (κ3) is 7.75. The molecule has 0 aliphatic heterocycles. The maximum atomic E-state index is 12.2. The van der Waals surface area contributed by atoms with Crippen LogP contribution in [0.2, 0.25) is 0 Å². The van der Waals surface area contributed by atoms with Crippen LogP contribution in [0.4, 0.5) is 18.0 Å². The van der Waals surface area contributed by atoms with E-state index in [9.17, 15) is 22.8 Å². The average molecular weight is 271 g/mol. The van der Waals surface area contributed by atoms with Gasteiger partial charge in [0, 0.05) is 0 Å². The van der Waals surface area contributed by atoms with Crippen LogP contribution in [-0.2, 0) is 14.3 Å². The van der Waals surface area contributed by atoms with Gasteiger partial charge in [0.25, 0.3) is 0 Å². The first-order valence-electron chi connectivity index (χ1n) is 5.46. The third-order valence-electron chi connectivity index (χ3n) is 1.74. The number of alkyl halides is 3. The lowest BCUT2D eigenvalue weighted by Crippen LogP contribution is -2.44. The second kappa shape index (κ2) is 7.78. The van der Waals surface area contributed by atoms with Crippen molar-refractivity contribution in [3.63, 3.8) is 0 Å². The standard InChI is InChI=1S/C10H16F3NO4/c1-3-5-18-8(15)7(6-10(11,12)13)14-9(16)17-4-2/h7H,3-6H2,1-2H3,(H,14,16). The molecule has 0 heterocycles. The molecule has 0 saturated carbocycles. The lowest BCUT2D eigenvalue weighted by molar-refractivity contribution is -0.162. The molecule has 106 valence electrons. The number of amides is 1. The first kappa shape index (κ1) is 16.5. The van der Waals surface area contributed by atoms with E-state index in [2.05, 4.69) is 9.47 Å². The van der Waals surface area contributed by atoms with Gasteiger partial charge >= 0.3 is 18.2 Å². The van der Waals surface area contributed by atoms with E-state index < -0.39 is 30.7 Å². The van der Waals surface area contributed by atoms with Crippen molar-refractivity contribution >= 4 is 12.1 Å². The number of nitrogens with one attached hydrogen (secondary N) is 1. The molecule has 0 saturated heterocycles. The van der Waals surface area contributed by atoms with Gasteiger partial charge < -0.3 is 14.8 Å². The monoisotopic (exact) mass is 271 g/mol. The highest BCUT2D eigenvalue weighted by atomic mass is 19.4. The summed E-state index contributed by atoms with van der Waals surface area (Å²) in [5.74, 6) is -1.12. The van der Waals surface area contributed by atoms with E-state index in [0.717, 1.165) is 0 Å². The molecule has 1 N–H and O–H groups in total. The number of carbonyl (C=O) groups excluding carboxylic acids is 2. The van der Waals surface area contributed by atoms with Crippen LogP contribution in [-0.4, -0.2) is 37.5 Å². The lowest BCUT2D eigenvalue weighted by Gasteiger charge is -2.18. The van der Waals surface area contributed by atoms with Crippen molar-refractivity contribution in [2.75, 3.05) is 13.2 Å². The molecule has 0 aliphatic rings. The summed E-state index contributed by atoms with van der Waals surface area (Å²) in [5, 5.41) is 1.83. The topological polar surface area (TPSA) is 64.6 Å². The summed E-state index contributed by atoms with van der Waals surface area (Å²) in [7, 11) is 0. The molecule has 1 atom stereocenters. The van der Waals surface area contributed by atoms with Crippen LogP contribution in [0, 0.1) is 0 Å². The Morgan fingerprint density at radius 1 is 1.22 bits per heavy atom. The summed E-state index contributed by atoms with van der Waals surface area (Å²) in [6.45, 7) is 3.19. The Morgan fingerprint density at radius 3 is 2.28 bits per heavy atom. The smallest absolute Gasteiger partial charge is 0.407 e. The number of halogens is 3. The van der Waals surface area contributed by atoms with Crippen molar-refractivity contribution in [2.45, 2.75) is 38.9 Å². The molecule has 0 rings (SSSR count). The molecule has 1 unspecified atom stereocenters. The molecule has 0 aliphatic carbocycles. The number of hydrogen-bond acceptors (Lipinski definition) is 4. The maximum absolute atomic E-state index is 12.2. The van der Waals surface area contributed by atoms with E-state index in [-0.39, 0.29) is 13.2 Å². The van der Waals surface area contributed by atoms with Gasteiger partial charge in [-0.15, -0.1) is 0 Å². The number of rotatable bonds is 6. The summed E-state index contributed by atoms with van der Waals surface area (Å²) in [6, 6.07) is -1.78. The van der Waals surface area contributed by atoms with Crippen LogP contribution < -0.4 is 5.32 Å². The van der Waals surface area contributed by atoms with Gasteiger partial charge in [0.1, 0.15) is 6.04 Å². The zero-order valence-corrected chi connectivity index (χ0v) is 10.2. The predicted molar refractivity (Wildman–Crippen MR) is 55.9 cm³/mol. The van der Waals surface area contributed by atoms with Gasteiger partial charge in [0.05, 0.1) is 19.6 Å². The van der Waals surface area contributed by atoms with Crippen LogP contribution in [0.1, 0.15) is 26.7 Å². The highest BCUT2D eigenvalue weighted by molar-refractivity contribution is 5.81. The Hall–Kier alpha value is -1.47. The van der Waals surface area contributed by atoms with E-state index >= 15 is 0 Å². The molecule has 5 nitrogen and oxygen atoms in total. The highest BCUT2D eigenvalue weighted by Crippen LogP contribution is 2.22. The zero-order valence-electron chi connectivity index (χ0n) is 10.2. The molecule has 0 aromatic rings. The average Bonchev–Trinajstić information content (AvgIpc) is 2.23. The number of ether oxygens (including phenoxy) is 2. The lowest BCUT2D eigenvalue weighted by atomic mass is 10.2. The van der Waals surface area contributed by atoms with Crippen molar-refractivity contribution in [3.05, 3.63) is 0 Å². The van der Waals surface area contributed by atoms with Crippen molar-refractivity contribution < 1.29 is 32.2 Å². The predicted octanol–water partition coefficient (Wildman–Crippen LogP) is 2.01. The fraction of sp³-hybridized carbons (Fsp3) is 0.800. The number of hydrogen-bond donors (Lipinski definition) is 1. The fourth-order valence-corrected chi connectivity index (χ4v) is 1.04. The summed E-state index contributed by atoms with van der Waals surface area (Å²) < 4.78 is 45.7. The van der Waals surface area contributed by atoms with Gasteiger partial charge in [-0.2, -0.15) is 13.2 Å². The van der Waals surface area contributed by atoms with Crippen LogP contribution in [0.25, 0.3) is 0 Å². The Balaban J connectivity index is 4.51. The van der Waals surface area contributed by atoms with Gasteiger partial charge in [-0.1, -0.05) is 6.92 Å². The summed E-state index contributed by atoms with van der Waals surface area (Å²) in [6.07, 6.45) is -6.69. The number of carbonyl (C=O) groups is 2. The van der Waals surface area contributed by atoms with E-state index in [1.807, 2.05) is 5.32 Å². The quantitative estimate of drug-likeness (QED) is 0.750. The first-order chi connectivity index (χ1) is 8.30. The molecule has 0 spiro atoms. The van der Waals surface area contributed by atoms with E-state index in [4.69, 9.17) is 0 Å². The molecule has 8 heteroatoms. The first-order valence-corrected chi connectivity index (χ1v) is 5.46. The van der Waals surface area contributed by atoms with E-state index in [1.165, 1.54) is 6.92 Å². The zero-order chi connectivity index (χ0) is 14.2. The molecular weight excluding hydrogens is 255 g/mol. The summed E-state index contributed by atoms with van der Waals surface area (Å²) in [4.78, 5) is 22.3. The van der Waals surface area contributed by atoms with Crippen LogP contribution >= 0.6 is 0 Å². The SMILES string of the molecule is CCCOC(=O)C(CC(F)(F)F)NC(=O)OCC. The molecular formula is C10H16F3NO4.